The Morgan fingerprint density at radius 3 is 2.56 bits per heavy atom. The van der Waals surface area contributed by atoms with Gasteiger partial charge in [-0.05, 0) is 76.0 Å². The van der Waals surface area contributed by atoms with Gasteiger partial charge in [-0.15, -0.1) is 0 Å². The Balaban J connectivity index is 1.75. The van der Waals surface area contributed by atoms with Gasteiger partial charge in [-0.1, -0.05) is 26.3 Å². The van der Waals surface area contributed by atoms with Crippen LogP contribution in [0.1, 0.15) is 79.6 Å². The number of fused-ring (bicyclic) bond motifs is 5. The molecule has 3 saturated carbocycles. The van der Waals surface area contributed by atoms with Crippen LogP contribution < -0.4 is 0 Å². The summed E-state index contributed by atoms with van der Waals surface area (Å²) in [7, 11) is 0. The molecule has 3 aliphatic carbocycles. The van der Waals surface area contributed by atoms with Crippen LogP contribution in [-0.2, 0) is 4.79 Å². The molecule has 0 bridgehead atoms. The zero-order chi connectivity index (χ0) is 18.0. The van der Waals surface area contributed by atoms with E-state index >= 15 is 0 Å². The van der Waals surface area contributed by atoms with Crippen LogP contribution in [0.4, 0.5) is 0 Å². The maximum atomic E-state index is 13.1. The molecule has 3 fully saturated rings. The quantitative estimate of drug-likeness (QED) is 0.619. The molecule has 0 radical (unpaired) electrons. The lowest BCUT2D eigenvalue weighted by molar-refractivity contribution is -0.906. The van der Waals surface area contributed by atoms with E-state index in [1.807, 2.05) is 6.08 Å². The summed E-state index contributed by atoms with van der Waals surface area (Å²) in [6, 6.07) is 0.866. The SMILES string of the molecule is CC[N+]1(C(C)C)C(=O)C=C[C@@]2(C)[C@H]1CC[C@H]1[C@@H]3CCC[C@@]3(C)CC[C@@H]12. The molecule has 0 N–H and O–H groups in total. The molecule has 0 aromatic rings. The van der Waals surface area contributed by atoms with Crippen molar-refractivity contribution in [2.24, 2.45) is 28.6 Å². The number of hydrogen-bond donors (Lipinski definition) is 0. The van der Waals surface area contributed by atoms with Crippen molar-refractivity contribution in [2.45, 2.75) is 91.6 Å². The molecule has 1 heterocycles. The fourth-order valence-corrected chi connectivity index (χ4v) is 8.22. The average Bonchev–Trinajstić information content (AvgIpc) is 2.97. The Morgan fingerprint density at radius 2 is 1.88 bits per heavy atom. The number of amides is 1. The van der Waals surface area contributed by atoms with Crippen molar-refractivity contribution < 1.29 is 9.28 Å². The maximum Gasteiger partial charge on any atom is 0.338 e. The van der Waals surface area contributed by atoms with E-state index in [2.05, 4.69) is 40.7 Å². The smallest absolute Gasteiger partial charge is 0.252 e. The topological polar surface area (TPSA) is 17.1 Å². The first-order valence-corrected chi connectivity index (χ1v) is 10.9. The van der Waals surface area contributed by atoms with Crippen LogP contribution in [0.3, 0.4) is 0 Å². The maximum absolute atomic E-state index is 13.1. The molecule has 0 aromatic carbocycles. The average molecular weight is 345 g/mol. The molecule has 1 aliphatic heterocycles. The summed E-state index contributed by atoms with van der Waals surface area (Å²) >= 11 is 0. The van der Waals surface area contributed by atoms with Crippen molar-refractivity contribution in [1.29, 1.82) is 0 Å². The second kappa shape index (κ2) is 5.68. The third-order valence-corrected chi connectivity index (χ3v) is 9.50. The van der Waals surface area contributed by atoms with Crippen molar-refractivity contribution >= 4 is 5.91 Å². The summed E-state index contributed by atoms with van der Waals surface area (Å²) in [6.45, 7) is 12.8. The van der Waals surface area contributed by atoms with Gasteiger partial charge in [-0.3, -0.25) is 4.48 Å². The molecule has 2 heteroatoms. The number of carbonyl (C=O) groups excluding carboxylic acids is 1. The van der Waals surface area contributed by atoms with Crippen LogP contribution in [0.2, 0.25) is 0 Å². The molecule has 25 heavy (non-hydrogen) atoms. The molecular formula is C23H38NO+. The van der Waals surface area contributed by atoms with Gasteiger partial charge in [-0.2, -0.15) is 0 Å². The highest BCUT2D eigenvalue weighted by molar-refractivity contribution is 5.83. The van der Waals surface area contributed by atoms with Crippen LogP contribution in [0.25, 0.3) is 0 Å². The van der Waals surface area contributed by atoms with Gasteiger partial charge in [0.25, 0.3) is 0 Å². The van der Waals surface area contributed by atoms with E-state index in [1.54, 1.807) is 0 Å². The Kier molecular flexibility index (Phi) is 4.04. The Bertz CT molecular complexity index is 595. The van der Waals surface area contributed by atoms with Crippen molar-refractivity contribution in [1.82, 2.24) is 0 Å². The molecule has 4 aliphatic rings. The van der Waals surface area contributed by atoms with Crippen LogP contribution >= 0.6 is 0 Å². The summed E-state index contributed by atoms with van der Waals surface area (Å²) < 4.78 is 0.693. The van der Waals surface area contributed by atoms with E-state index in [0.29, 0.717) is 27.9 Å². The van der Waals surface area contributed by atoms with Crippen molar-refractivity contribution in [3.05, 3.63) is 12.2 Å². The first kappa shape index (κ1) is 17.8. The lowest BCUT2D eigenvalue weighted by Crippen LogP contribution is -2.71. The minimum Gasteiger partial charge on any atom is -0.252 e. The summed E-state index contributed by atoms with van der Waals surface area (Å²) in [6.07, 6.45) is 14.1. The fraction of sp³-hybridized carbons (Fsp3) is 0.870. The number of likely N-dealkylation sites (N-methyl/N-ethyl adjacent to an activating group) is 1. The Labute approximate surface area is 154 Å². The normalized spacial score (nSPS) is 52.0. The van der Waals surface area contributed by atoms with Crippen LogP contribution in [0, 0.1) is 28.6 Å². The molecule has 0 spiro atoms. The molecule has 140 valence electrons. The highest BCUT2D eigenvalue weighted by Crippen LogP contribution is 2.64. The minimum absolute atomic E-state index is 0.209. The first-order valence-electron chi connectivity index (χ1n) is 10.9. The van der Waals surface area contributed by atoms with Crippen LogP contribution in [-0.4, -0.2) is 29.0 Å². The predicted molar refractivity (Wildman–Crippen MR) is 103 cm³/mol. The summed E-state index contributed by atoms with van der Waals surface area (Å²) in [5.74, 6) is 2.98. The molecule has 0 aromatic heterocycles. The molecular weight excluding hydrogens is 306 g/mol. The number of quaternary nitrogens is 1. The van der Waals surface area contributed by atoms with E-state index in [0.717, 1.165) is 24.3 Å². The van der Waals surface area contributed by atoms with Gasteiger partial charge in [0.15, 0.2) is 0 Å². The van der Waals surface area contributed by atoms with Crippen molar-refractivity contribution in [2.75, 3.05) is 6.54 Å². The van der Waals surface area contributed by atoms with Gasteiger partial charge in [0.05, 0.1) is 12.6 Å². The molecule has 1 amide bonds. The summed E-state index contributed by atoms with van der Waals surface area (Å²) in [4.78, 5) is 13.1. The Hall–Kier alpha value is -0.630. The van der Waals surface area contributed by atoms with E-state index in [-0.39, 0.29) is 5.41 Å². The van der Waals surface area contributed by atoms with Gasteiger partial charge in [0.1, 0.15) is 6.04 Å². The predicted octanol–water partition coefficient (Wildman–Crippen LogP) is 5.33. The van der Waals surface area contributed by atoms with Crippen LogP contribution in [0.15, 0.2) is 12.2 Å². The van der Waals surface area contributed by atoms with Crippen molar-refractivity contribution in [3.63, 3.8) is 0 Å². The zero-order valence-electron chi connectivity index (χ0n) is 17.1. The van der Waals surface area contributed by atoms with Gasteiger partial charge < -0.3 is 0 Å². The third kappa shape index (κ3) is 2.16. The van der Waals surface area contributed by atoms with Crippen LogP contribution in [0.5, 0.6) is 0 Å². The number of hydrogen-bond acceptors (Lipinski definition) is 1. The van der Waals surface area contributed by atoms with Gasteiger partial charge in [0, 0.05) is 17.9 Å². The third-order valence-electron chi connectivity index (χ3n) is 9.50. The monoisotopic (exact) mass is 344 g/mol. The van der Waals surface area contributed by atoms with Gasteiger partial charge in [-0.25, -0.2) is 4.79 Å². The molecule has 4 rings (SSSR count). The van der Waals surface area contributed by atoms with Gasteiger partial charge >= 0.3 is 5.91 Å². The number of carbonyl (C=O) groups is 1. The molecule has 2 nitrogen and oxygen atoms in total. The van der Waals surface area contributed by atoms with E-state index in [9.17, 15) is 4.79 Å². The Morgan fingerprint density at radius 1 is 1.12 bits per heavy atom. The zero-order valence-corrected chi connectivity index (χ0v) is 17.1. The van der Waals surface area contributed by atoms with E-state index in [1.165, 1.54) is 44.9 Å². The minimum atomic E-state index is 0.209. The van der Waals surface area contributed by atoms with Crippen molar-refractivity contribution in [3.8, 4) is 0 Å². The number of nitrogens with zero attached hydrogens (tertiary/aromatic N) is 1. The standard InChI is InChI=1S/C23H38NO/c1-6-24(16(2)3)20-10-9-17-18-8-7-13-22(18,4)14-11-19(17)23(20,5)15-12-21(24)25/h12,15-20H,6-11,13-14H2,1-5H3/q+1/t17-,18-,19-,20+,22-,23+,24?/m0/s1. The summed E-state index contributed by atoms with van der Waals surface area (Å²) in [5, 5.41) is 0. The lowest BCUT2D eigenvalue weighted by Gasteiger charge is -2.62. The highest BCUT2D eigenvalue weighted by atomic mass is 16.2. The van der Waals surface area contributed by atoms with E-state index in [4.69, 9.17) is 0 Å². The summed E-state index contributed by atoms with van der Waals surface area (Å²) in [5.41, 5.74) is 0.828. The largest absolute Gasteiger partial charge is 0.338 e. The van der Waals surface area contributed by atoms with E-state index < -0.39 is 0 Å². The lowest BCUT2D eigenvalue weighted by atomic mass is 9.48. The number of rotatable bonds is 2. The molecule has 1 unspecified atom stereocenters. The molecule has 0 saturated heterocycles. The fourth-order valence-electron chi connectivity index (χ4n) is 8.22. The second-order valence-corrected chi connectivity index (χ2v) is 10.4. The highest BCUT2D eigenvalue weighted by Gasteiger charge is 2.63. The molecule has 7 atom stereocenters. The van der Waals surface area contributed by atoms with Gasteiger partial charge in [0.2, 0.25) is 0 Å². The second-order valence-electron chi connectivity index (χ2n) is 10.4. The first-order chi connectivity index (χ1) is 11.8.